The quantitative estimate of drug-likeness (QED) is 0.847. The highest BCUT2D eigenvalue weighted by atomic mass is 32.1. The second-order valence-electron chi connectivity index (χ2n) is 6.85. The van der Waals surface area contributed by atoms with Gasteiger partial charge in [0.1, 0.15) is 17.8 Å². The van der Waals surface area contributed by atoms with Crippen molar-refractivity contribution in [3.05, 3.63) is 52.2 Å². The third kappa shape index (κ3) is 3.45. The first-order chi connectivity index (χ1) is 12.6. The summed E-state index contributed by atoms with van der Waals surface area (Å²) in [7, 11) is 0. The fourth-order valence-electron chi connectivity index (χ4n) is 3.65. The molecule has 0 saturated carbocycles. The molecule has 2 aliphatic heterocycles. The minimum Gasteiger partial charge on any atom is -0.508 e. The zero-order valence-corrected chi connectivity index (χ0v) is 15.1. The number of phenols is 1. The van der Waals surface area contributed by atoms with Crippen LogP contribution < -0.4 is 5.32 Å². The van der Waals surface area contributed by atoms with Gasteiger partial charge in [0.05, 0.1) is 0 Å². The molecule has 2 fully saturated rings. The molecule has 4 rings (SSSR count). The van der Waals surface area contributed by atoms with Crippen molar-refractivity contribution in [2.45, 2.75) is 25.0 Å². The van der Waals surface area contributed by atoms with E-state index in [2.05, 4.69) is 27.0 Å². The molecule has 1 aromatic heterocycles. The lowest BCUT2D eigenvalue weighted by Gasteiger charge is -2.45. The van der Waals surface area contributed by atoms with E-state index in [1.54, 1.807) is 40.5 Å². The molecule has 2 saturated heterocycles. The van der Waals surface area contributed by atoms with Crippen molar-refractivity contribution in [1.29, 1.82) is 0 Å². The van der Waals surface area contributed by atoms with Crippen molar-refractivity contribution in [1.82, 2.24) is 15.1 Å². The number of rotatable bonds is 4. The second kappa shape index (κ2) is 7.09. The molecule has 1 aromatic carbocycles. The van der Waals surface area contributed by atoms with E-state index in [0.29, 0.717) is 19.5 Å². The SMILES string of the molecule is O=C1N[C@@H](Cc2ccc(O)cc2)C(=O)N2CCN(Cc3ccsc3)C[C@H]12. The first-order valence-corrected chi connectivity index (χ1v) is 9.66. The summed E-state index contributed by atoms with van der Waals surface area (Å²) in [5, 5.41) is 16.4. The molecule has 2 amide bonds. The predicted molar refractivity (Wildman–Crippen MR) is 98.8 cm³/mol. The number of piperazine rings is 2. The van der Waals surface area contributed by atoms with Crippen LogP contribution in [-0.2, 0) is 22.6 Å². The van der Waals surface area contributed by atoms with Gasteiger partial charge in [-0.1, -0.05) is 12.1 Å². The van der Waals surface area contributed by atoms with Gasteiger partial charge in [-0.15, -0.1) is 0 Å². The summed E-state index contributed by atoms with van der Waals surface area (Å²) in [6.45, 7) is 2.73. The molecule has 7 heteroatoms. The van der Waals surface area contributed by atoms with Crippen LogP contribution in [0.4, 0.5) is 0 Å². The number of hydrogen-bond donors (Lipinski definition) is 2. The minimum absolute atomic E-state index is 0.0159. The van der Waals surface area contributed by atoms with Crippen LogP contribution in [0.2, 0.25) is 0 Å². The lowest BCUT2D eigenvalue weighted by atomic mass is 9.98. The van der Waals surface area contributed by atoms with E-state index in [-0.39, 0.29) is 17.6 Å². The van der Waals surface area contributed by atoms with Crippen molar-refractivity contribution in [3.63, 3.8) is 0 Å². The number of nitrogens with zero attached hydrogens (tertiary/aromatic N) is 2. The lowest BCUT2D eigenvalue weighted by Crippen LogP contribution is -2.69. The van der Waals surface area contributed by atoms with Crippen LogP contribution in [0.1, 0.15) is 11.1 Å². The topological polar surface area (TPSA) is 72.9 Å². The van der Waals surface area contributed by atoms with Gasteiger partial charge in [-0.2, -0.15) is 11.3 Å². The van der Waals surface area contributed by atoms with Crippen LogP contribution in [0.15, 0.2) is 41.1 Å². The van der Waals surface area contributed by atoms with Gasteiger partial charge < -0.3 is 15.3 Å². The van der Waals surface area contributed by atoms with Crippen LogP contribution in [-0.4, -0.2) is 58.4 Å². The summed E-state index contributed by atoms with van der Waals surface area (Å²) in [6.07, 6.45) is 0.437. The fourth-order valence-corrected chi connectivity index (χ4v) is 4.31. The maximum absolute atomic E-state index is 12.8. The van der Waals surface area contributed by atoms with E-state index in [0.717, 1.165) is 18.7 Å². The summed E-state index contributed by atoms with van der Waals surface area (Å²) in [5.41, 5.74) is 2.16. The molecule has 2 aliphatic rings. The molecule has 0 radical (unpaired) electrons. The van der Waals surface area contributed by atoms with Crippen LogP contribution in [0, 0.1) is 0 Å². The van der Waals surface area contributed by atoms with Crippen molar-refractivity contribution >= 4 is 23.2 Å². The maximum atomic E-state index is 12.8. The minimum atomic E-state index is -0.535. The normalized spacial score (nSPS) is 23.6. The number of hydrogen-bond acceptors (Lipinski definition) is 5. The van der Waals surface area contributed by atoms with Gasteiger partial charge in [0, 0.05) is 32.6 Å². The summed E-state index contributed by atoms with van der Waals surface area (Å²) in [6, 6.07) is 7.89. The van der Waals surface area contributed by atoms with E-state index in [1.165, 1.54) is 5.56 Å². The molecular formula is C19H21N3O3S. The molecule has 2 atom stereocenters. The van der Waals surface area contributed by atoms with E-state index in [1.807, 2.05) is 0 Å². The second-order valence-corrected chi connectivity index (χ2v) is 7.63. The van der Waals surface area contributed by atoms with Crippen molar-refractivity contribution < 1.29 is 14.7 Å². The number of fused-ring (bicyclic) bond motifs is 1. The average molecular weight is 371 g/mol. The molecule has 2 aromatic rings. The molecule has 2 N–H and O–H groups in total. The van der Waals surface area contributed by atoms with Gasteiger partial charge >= 0.3 is 0 Å². The molecule has 3 heterocycles. The average Bonchev–Trinajstić information content (AvgIpc) is 3.14. The van der Waals surface area contributed by atoms with Crippen molar-refractivity contribution in [2.24, 2.45) is 0 Å². The van der Waals surface area contributed by atoms with Gasteiger partial charge in [0.2, 0.25) is 11.8 Å². The number of carbonyl (C=O) groups excluding carboxylic acids is 2. The molecule has 6 nitrogen and oxygen atoms in total. The van der Waals surface area contributed by atoms with Gasteiger partial charge in [0.25, 0.3) is 0 Å². The Bertz CT molecular complexity index is 791. The van der Waals surface area contributed by atoms with Crippen LogP contribution in [0.3, 0.4) is 0 Å². The highest BCUT2D eigenvalue weighted by Gasteiger charge is 2.43. The van der Waals surface area contributed by atoms with Gasteiger partial charge in [-0.25, -0.2) is 0 Å². The first kappa shape index (κ1) is 17.1. The number of benzene rings is 1. The monoisotopic (exact) mass is 371 g/mol. The maximum Gasteiger partial charge on any atom is 0.246 e. The Morgan fingerprint density at radius 2 is 1.92 bits per heavy atom. The Hall–Kier alpha value is -2.38. The van der Waals surface area contributed by atoms with E-state index >= 15 is 0 Å². The first-order valence-electron chi connectivity index (χ1n) is 8.72. The molecule has 136 valence electrons. The van der Waals surface area contributed by atoms with E-state index in [4.69, 9.17) is 0 Å². The molecule has 0 aliphatic carbocycles. The number of amides is 2. The van der Waals surface area contributed by atoms with Crippen LogP contribution in [0.25, 0.3) is 0 Å². The highest BCUT2D eigenvalue weighted by molar-refractivity contribution is 7.07. The Kier molecular flexibility index (Phi) is 4.65. The largest absolute Gasteiger partial charge is 0.508 e. The number of nitrogens with one attached hydrogen (secondary N) is 1. The highest BCUT2D eigenvalue weighted by Crippen LogP contribution is 2.21. The third-order valence-corrected chi connectivity index (χ3v) is 5.76. The standard InChI is InChI=1S/C19H21N3O3S/c23-15-3-1-13(2-4-15)9-16-19(25)22-7-6-21(10-14-5-8-26-12-14)11-17(22)18(24)20-16/h1-5,8,12,16-17,23H,6-7,9-11H2,(H,20,24)/t16-,17+/m0/s1. The summed E-state index contributed by atoms with van der Waals surface area (Å²) in [5.74, 6) is 0.0934. The zero-order chi connectivity index (χ0) is 18.1. The Morgan fingerprint density at radius 1 is 1.12 bits per heavy atom. The Morgan fingerprint density at radius 3 is 2.65 bits per heavy atom. The molecule has 26 heavy (non-hydrogen) atoms. The number of thiophene rings is 1. The molecule has 0 unspecified atom stereocenters. The Balaban J connectivity index is 1.42. The van der Waals surface area contributed by atoms with Gasteiger partial charge in [-0.3, -0.25) is 14.5 Å². The van der Waals surface area contributed by atoms with Crippen molar-refractivity contribution in [2.75, 3.05) is 19.6 Å². The zero-order valence-electron chi connectivity index (χ0n) is 14.3. The third-order valence-electron chi connectivity index (χ3n) is 5.03. The molecule has 0 spiro atoms. The molecular weight excluding hydrogens is 350 g/mol. The predicted octanol–water partition coefficient (Wildman–Crippen LogP) is 1.21. The van der Waals surface area contributed by atoms with Crippen LogP contribution in [0.5, 0.6) is 5.75 Å². The van der Waals surface area contributed by atoms with Crippen molar-refractivity contribution in [3.8, 4) is 5.75 Å². The van der Waals surface area contributed by atoms with Gasteiger partial charge in [0.15, 0.2) is 0 Å². The number of aromatic hydroxyl groups is 1. The summed E-state index contributed by atoms with van der Waals surface area (Å²) >= 11 is 1.67. The lowest BCUT2D eigenvalue weighted by molar-refractivity contribution is -0.153. The van der Waals surface area contributed by atoms with Crippen LogP contribution >= 0.6 is 11.3 Å². The number of carbonyl (C=O) groups is 2. The molecule has 0 bridgehead atoms. The smallest absolute Gasteiger partial charge is 0.246 e. The van der Waals surface area contributed by atoms with Gasteiger partial charge in [-0.05, 0) is 40.1 Å². The number of phenolic OH excluding ortho intramolecular Hbond substituents is 1. The summed E-state index contributed by atoms with van der Waals surface area (Å²) < 4.78 is 0. The van der Waals surface area contributed by atoms with E-state index < -0.39 is 12.1 Å². The summed E-state index contributed by atoms with van der Waals surface area (Å²) in [4.78, 5) is 29.4. The Labute approximate surface area is 156 Å². The van der Waals surface area contributed by atoms with E-state index in [9.17, 15) is 14.7 Å². The fraction of sp³-hybridized carbons (Fsp3) is 0.368.